The highest BCUT2D eigenvalue weighted by Gasteiger charge is 2.23. The van der Waals surface area contributed by atoms with Gasteiger partial charge in [-0.3, -0.25) is 9.59 Å². The van der Waals surface area contributed by atoms with E-state index in [0.29, 0.717) is 13.2 Å². The van der Waals surface area contributed by atoms with E-state index in [9.17, 15) is 9.59 Å². The van der Waals surface area contributed by atoms with E-state index in [1.165, 1.54) is 0 Å². The van der Waals surface area contributed by atoms with E-state index in [1.54, 1.807) is 13.8 Å². The molecule has 0 aliphatic carbocycles. The van der Waals surface area contributed by atoms with Gasteiger partial charge in [-0.25, -0.2) is 0 Å². The van der Waals surface area contributed by atoms with Gasteiger partial charge in [-0.1, -0.05) is 74.5 Å². The first-order chi connectivity index (χ1) is 14.3. The summed E-state index contributed by atoms with van der Waals surface area (Å²) in [4.78, 5) is 22.8. The number of carbonyl (C=O) groups excluding carboxylic acids is 2. The van der Waals surface area contributed by atoms with Gasteiger partial charge in [0.15, 0.2) is 0 Å². The largest absolute Gasteiger partial charge is 0.465 e. The van der Waals surface area contributed by atoms with Gasteiger partial charge in [-0.15, -0.1) is 24.8 Å². The zero-order valence-electron chi connectivity index (χ0n) is 19.1. The van der Waals surface area contributed by atoms with Crippen LogP contribution in [0.1, 0.15) is 50.7 Å². The first-order valence-corrected chi connectivity index (χ1v) is 10.3. The van der Waals surface area contributed by atoms with Crippen LogP contribution in [-0.4, -0.2) is 37.2 Å². The lowest BCUT2D eigenvalue weighted by molar-refractivity contribution is -0.146. The number of carbonyl (C=O) groups is 2. The van der Waals surface area contributed by atoms with Gasteiger partial charge in [0.1, 0.15) is 12.1 Å². The summed E-state index contributed by atoms with van der Waals surface area (Å²) in [6.07, 6.45) is 0. The average molecular weight is 487 g/mol. The smallest absolute Gasteiger partial charge is 0.323 e. The van der Waals surface area contributed by atoms with Gasteiger partial charge < -0.3 is 20.9 Å². The number of hydrogen-bond acceptors (Lipinski definition) is 6. The normalized spacial score (nSPS) is 13.4. The second kappa shape index (κ2) is 17.4. The lowest BCUT2D eigenvalue weighted by Gasteiger charge is -2.18. The fourth-order valence-electron chi connectivity index (χ4n) is 2.81. The Morgan fingerprint density at radius 2 is 0.969 bits per heavy atom. The van der Waals surface area contributed by atoms with E-state index in [-0.39, 0.29) is 48.6 Å². The molecule has 0 saturated carbocycles. The number of nitrogens with two attached hydrogens (primary N) is 2. The molecule has 0 aromatic heterocycles. The second-order valence-electron chi connectivity index (χ2n) is 6.95. The minimum atomic E-state index is -0.590. The highest BCUT2D eigenvalue weighted by atomic mass is 35.5. The number of benzene rings is 2. The quantitative estimate of drug-likeness (QED) is 0.541. The van der Waals surface area contributed by atoms with Crippen LogP contribution in [0, 0.1) is 0 Å². The molecule has 0 unspecified atom stereocenters. The summed E-state index contributed by atoms with van der Waals surface area (Å²) in [5.74, 6) is -0.724. The van der Waals surface area contributed by atoms with Crippen molar-refractivity contribution in [1.29, 1.82) is 0 Å². The molecule has 0 aliphatic heterocycles. The van der Waals surface area contributed by atoms with Gasteiger partial charge in [0.25, 0.3) is 0 Å². The third-order valence-electron chi connectivity index (χ3n) is 4.85. The summed E-state index contributed by atoms with van der Waals surface area (Å²) in [5, 5.41) is 0. The average Bonchev–Trinajstić information content (AvgIpc) is 2.79. The first-order valence-electron chi connectivity index (χ1n) is 10.3. The molecule has 6 nitrogen and oxygen atoms in total. The maximum absolute atomic E-state index is 11.4. The van der Waals surface area contributed by atoms with Crippen molar-refractivity contribution in [3.8, 4) is 0 Å². The van der Waals surface area contributed by atoms with Crippen molar-refractivity contribution < 1.29 is 19.1 Å². The van der Waals surface area contributed by atoms with E-state index < -0.39 is 12.1 Å². The van der Waals surface area contributed by atoms with Crippen molar-refractivity contribution in [3.63, 3.8) is 0 Å². The molecule has 32 heavy (non-hydrogen) atoms. The Morgan fingerprint density at radius 3 is 1.22 bits per heavy atom. The fraction of sp³-hybridized carbons (Fsp3) is 0.417. The summed E-state index contributed by atoms with van der Waals surface area (Å²) >= 11 is 0. The van der Waals surface area contributed by atoms with Crippen LogP contribution in [0.3, 0.4) is 0 Å². The number of rotatable bonds is 8. The standard InChI is InChI=1S/2C12H17NO2.2ClH/c2*1-3-15-12(14)11(13)9(2)10-7-5-4-6-8-10;;/h2*4-9,11H,3,13H2,1-2H3;2*1H/t2*9-,11-;;/m10../s1. The molecule has 180 valence electrons. The van der Waals surface area contributed by atoms with Gasteiger partial charge in [-0.2, -0.15) is 0 Å². The highest BCUT2D eigenvalue weighted by molar-refractivity contribution is 5.85. The van der Waals surface area contributed by atoms with Crippen LogP contribution in [0.2, 0.25) is 0 Å². The molecule has 0 saturated heterocycles. The van der Waals surface area contributed by atoms with Crippen LogP contribution in [0.4, 0.5) is 0 Å². The van der Waals surface area contributed by atoms with E-state index >= 15 is 0 Å². The number of esters is 2. The maximum atomic E-state index is 11.4. The summed E-state index contributed by atoms with van der Waals surface area (Å²) in [6, 6.07) is 18.3. The molecule has 0 amide bonds. The monoisotopic (exact) mass is 486 g/mol. The number of halogens is 2. The molecule has 4 N–H and O–H groups in total. The van der Waals surface area contributed by atoms with Gasteiger partial charge >= 0.3 is 11.9 Å². The van der Waals surface area contributed by atoms with Crippen molar-refractivity contribution in [2.45, 2.75) is 51.6 Å². The summed E-state index contributed by atoms with van der Waals surface area (Å²) in [6.45, 7) is 8.14. The molecular weight excluding hydrogens is 451 g/mol. The molecule has 2 aromatic carbocycles. The zero-order valence-corrected chi connectivity index (χ0v) is 20.7. The molecular formula is C24H36Cl2N2O4. The lowest BCUT2D eigenvalue weighted by Crippen LogP contribution is -2.37. The molecule has 0 heterocycles. The Kier molecular flexibility index (Phi) is 17.5. The summed E-state index contributed by atoms with van der Waals surface area (Å²) < 4.78 is 9.76. The molecule has 4 atom stereocenters. The van der Waals surface area contributed by atoms with E-state index in [2.05, 4.69) is 0 Å². The predicted molar refractivity (Wildman–Crippen MR) is 133 cm³/mol. The zero-order chi connectivity index (χ0) is 22.5. The van der Waals surface area contributed by atoms with Gasteiger partial charge in [-0.05, 0) is 25.0 Å². The minimum Gasteiger partial charge on any atom is -0.465 e. The molecule has 8 heteroatoms. The molecule has 0 aliphatic rings. The fourth-order valence-corrected chi connectivity index (χ4v) is 2.81. The maximum Gasteiger partial charge on any atom is 0.323 e. The van der Waals surface area contributed by atoms with Gasteiger partial charge in [0.2, 0.25) is 0 Å². The Balaban J connectivity index is 0. The van der Waals surface area contributed by atoms with Crippen molar-refractivity contribution in [3.05, 3.63) is 71.8 Å². The minimum absolute atomic E-state index is 0. The van der Waals surface area contributed by atoms with E-state index in [4.69, 9.17) is 20.9 Å². The van der Waals surface area contributed by atoms with Crippen LogP contribution >= 0.6 is 24.8 Å². The molecule has 2 aromatic rings. The molecule has 0 radical (unpaired) electrons. The van der Waals surface area contributed by atoms with Crippen molar-refractivity contribution in [2.75, 3.05) is 13.2 Å². The van der Waals surface area contributed by atoms with E-state index in [0.717, 1.165) is 11.1 Å². The van der Waals surface area contributed by atoms with Crippen LogP contribution in [0.5, 0.6) is 0 Å². The Labute approximate surface area is 203 Å². The SMILES string of the molecule is CCOC(=O)[C@@H](N)[C@@H](C)c1ccccc1.CCOC(=O)[C@H](N)[C@H](C)c1ccccc1.Cl.Cl. The molecule has 2 rings (SSSR count). The van der Waals surface area contributed by atoms with Gasteiger partial charge in [0.05, 0.1) is 13.2 Å². The number of hydrogen-bond donors (Lipinski definition) is 2. The molecule has 0 spiro atoms. The van der Waals surface area contributed by atoms with Crippen LogP contribution < -0.4 is 11.5 Å². The Bertz CT molecular complexity index is 698. The van der Waals surface area contributed by atoms with Crippen molar-refractivity contribution >= 4 is 36.8 Å². The Hall–Kier alpha value is -2.12. The summed E-state index contributed by atoms with van der Waals surface area (Å²) in [5.41, 5.74) is 13.7. The molecule has 0 bridgehead atoms. The number of ether oxygens (including phenoxy) is 2. The second-order valence-corrected chi connectivity index (χ2v) is 6.95. The van der Waals surface area contributed by atoms with E-state index in [1.807, 2.05) is 74.5 Å². The van der Waals surface area contributed by atoms with Crippen molar-refractivity contribution in [1.82, 2.24) is 0 Å². The third-order valence-corrected chi connectivity index (χ3v) is 4.85. The molecule has 0 fully saturated rings. The predicted octanol–water partition coefficient (Wildman–Crippen LogP) is 4.20. The first kappa shape index (κ1) is 32.1. The lowest BCUT2D eigenvalue weighted by atomic mass is 9.94. The van der Waals surface area contributed by atoms with Crippen LogP contribution in [-0.2, 0) is 19.1 Å². The third kappa shape index (κ3) is 10.5. The summed E-state index contributed by atoms with van der Waals surface area (Å²) in [7, 11) is 0. The Morgan fingerprint density at radius 1 is 0.688 bits per heavy atom. The highest BCUT2D eigenvalue weighted by Crippen LogP contribution is 2.19. The van der Waals surface area contributed by atoms with Crippen molar-refractivity contribution in [2.24, 2.45) is 11.5 Å². The van der Waals surface area contributed by atoms with Gasteiger partial charge in [0, 0.05) is 11.8 Å². The topological polar surface area (TPSA) is 105 Å². The van der Waals surface area contributed by atoms with Crippen LogP contribution in [0.15, 0.2) is 60.7 Å². The van der Waals surface area contributed by atoms with Crippen LogP contribution in [0.25, 0.3) is 0 Å².